The first-order valence-electron chi connectivity index (χ1n) is 7.02. The molecule has 0 unspecified atom stereocenters. The summed E-state index contributed by atoms with van der Waals surface area (Å²) in [5.41, 5.74) is 1.98. The Labute approximate surface area is 134 Å². The van der Waals surface area contributed by atoms with Crippen molar-refractivity contribution in [3.8, 4) is 0 Å². The molecule has 1 N–H and O–H groups in total. The third-order valence-electron chi connectivity index (χ3n) is 3.15. The number of nitro benzene ring substituents is 1. The average molecular weight is 308 g/mol. The normalized spacial score (nSPS) is 10.9. The van der Waals surface area contributed by atoms with Gasteiger partial charge in [-0.1, -0.05) is 36.4 Å². The molecule has 2 aromatic carbocycles. The number of benzene rings is 2. The third-order valence-corrected chi connectivity index (χ3v) is 3.15. The monoisotopic (exact) mass is 308 g/mol. The molecule has 5 heteroatoms. The summed E-state index contributed by atoms with van der Waals surface area (Å²) in [5, 5.41) is 13.4. The van der Waals surface area contributed by atoms with Gasteiger partial charge < -0.3 is 5.32 Å². The van der Waals surface area contributed by atoms with Crippen molar-refractivity contribution in [1.29, 1.82) is 0 Å². The van der Waals surface area contributed by atoms with Crippen molar-refractivity contribution in [2.75, 3.05) is 6.54 Å². The number of carbonyl (C=O) groups is 1. The number of hydrogen-bond acceptors (Lipinski definition) is 3. The predicted molar refractivity (Wildman–Crippen MR) is 90.6 cm³/mol. The van der Waals surface area contributed by atoms with Gasteiger partial charge in [0.25, 0.3) is 11.6 Å². The standard InChI is InChI=1S/C18H16N2O3/c1-2-12-19-18(21)17(15-6-4-3-5-7-15)13-14-8-10-16(11-9-14)20(22)23/h2-11,13H,1,12H2,(H,19,21)/b17-13+. The van der Waals surface area contributed by atoms with Gasteiger partial charge in [0.2, 0.25) is 0 Å². The van der Waals surface area contributed by atoms with Crippen LogP contribution in [0, 0.1) is 10.1 Å². The second-order valence-electron chi connectivity index (χ2n) is 4.77. The van der Waals surface area contributed by atoms with E-state index in [-0.39, 0.29) is 11.6 Å². The lowest BCUT2D eigenvalue weighted by Crippen LogP contribution is -2.24. The van der Waals surface area contributed by atoms with Gasteiger partial charge in [0.05, 0.1) is 4.92 Å². The molecule has 116 valence electrons. The molecule has 0 aliphatic rings. The largest absolute Gasteiger partial charge is 0.349 e. The molecule has 2 rings (SSSR count). The first kappa shape index (κ1) is 16.2. The van der Waals surface area contributed by atoms with Gasteiger partial charge in [0.15, 0.2) is 0 Å². The molecular weight excluding hydrogens is 292 g/mol. The zero-order valence-corrected chi connectivity index (χ0v) is 12.4. The molecular formula is C18H16N2O3. The first-order chi connectivity index (χ1) is 11.1. The molecule has 0 saturated heterocycles. The summed E-state index contributed by atoms with van der Waals surface area (Å²) >= 11 is 0. The number of amides is 1. The fourth-order valence-corrected chi connectivity index (χ4v) is 2.02. The van der Waals surface area contributed by atoms with E-state index in [0.29, 0.717) is 17.7 Å². The summed E-state index contributed by atoms with van der Waals surface area (Å²) in [6.07, 6.45) is 3.31. The van der Waals surface area contributed by atoms with Crippen LogP contribution in [0.2, 0.25) is 0 Å². The highest BCUT2D eigenvalue weighted by atomic mass is 16.6. The lowest BCUT2D eigenvalue weighted by Gasteiger charge is -2.08. The minimum atomic E-state index is -0.456. The van der Waals surface area contributed by atoms with Gasteiger partial charge in [-0.05, 0) is 29.3 Å². The van der Waals surface area contributed by atoms with Crippen molar-refractivity contribution >= 4 is 23.2 Å². The summed E-state index contributed by atoms with van der Waals surface area (Å²) in [4.78, 5) is 22.6. The number of carbonyl (C=O) groups excluding carboxylic acids is 1. The van der Waals surface area contributed by atoms with E-state index in [9.17, 15) is 14.9 Å². The molecule has 0 aliphatic heterocycles. The van der Waals surface area contributed by atoms with E-state index in [2.05, 4.69) is 11.9 Å². The van der Waals surface area contributed by atoms with Crippen LogP contribution < -0.4 is 5.32 Å². The van der Waals surface area contributed by atoms with E-state index in [1.165, 1.54) is 12.1 Å². The Hall–Kier alpha value is -3.21. The number of rotatable bonds is 6. The summed E-state index contributed by atoms with van der Waals surface area (Å²) < 4.78 is 0. The Kier molecular flexibility index (Phi) is 5.41. The van der Waals surface area contributed by atoms with Crippen molar-refractivity contribution < 1.29 is 9.72 Å². The second kappa shape index (κ2) is 7.70. The maximum absolute atomic E-state index is 12.3. The highest BCUT2D eigenvalue weighted by Gasteiger charge is 2.11. The lowest BCUT2D eigenvalue weighted by atomic mass is 10.0. The Bertz CT molecular complexity index is 735. The molecule has 0 spiro atoms. The van der Waals surface area contributed by atoms with E-state index >= 15 is 0 Å². The van der Waals surface area contributed by atoms with Crippen LogP contribution in [-0.2, 0) is 4.79 Å². The number of nitrogens with one attached hydrogen (secondary N) is 1. The van der Waals surface area contributed by atoms with Crippen molar-refractivity contribution in [1.82, 2.24) is 5.32 Å². The Balaban J connectivity index is 2.37. The van der Waals surface area contributed by atoms with E-state index in [0.717, 1.165) is 5.56 Å². The molecule has 0 saturated carbocycles. The average Bonchev–Trinajstić information content (AvgIpc) is 2.58. The summed E-state index contributed by atoms with van der Waals surface area (Å²) in [6.45, 7) is 3.94. The molecule has 1 amide bonds. The SMILES string of the molecule is C=CCNC(=O)/C(=C/c1ccc([N+](=O)[O-])cc1)c1ccccc1. The van der Waals surface area contributed by atoms with E-state index in [1.54, 1.807) is 24.3 Å². The molecule has 5 nitrogen and oxygen atoms in total. The van der Waals surface area contributed by atoms with Crippen LogP contribution in [-0.4, -0.2) is 17.4 Å². The van der Waals surface area contributed by atoms with Crippen LogP contribution in [0.3, 0.4) is 0 Å². The molecule has 23 heavy (non-hydrogen) atoms. The van der Waals surface area contributed by atoms with Gasteiger partial charge in [0.1, 0.15) is 0 Å². The van der Waals surface area contributed by atoms with Gasteiger partial charge in [-0.25, -0.2) is 0 Å². The third kappa shape index (κ3) is 4.38. The molecule has 0 atom stereocenters. The van der Waals surface area contributed by atoms with Gasteiger partial charge >= 0.3 is 0 Å². The molecule has 0 radical (unpaired) electrons. The maximum atomic E-state index is 12.3. The lowest BCUT2D eigenvalue weighted by molar-refractivity contribution is -0.384. The zero-order valence-electron chi connectivity index (χ0n) is 12.4. The van der Waals surface area contributed by atoms with Crippen LogP contribution in [0.15, 0.2) is 67.3 Å². The molecule has 0 aromatic heterocycles. The number of hydrogen-bond donors (Lipinski definition) is 1. The minimum absolute atomic E-state index is 0.0134. The summed E-state index contributed by atoms with van der Waals surface area (Å²) in [7, 11) is 0. The quantitative estimate of drug-likeness (QED) is 0.292. The Morgan fingerprint density at radius 2 is 1.78 bits per heavy atom. The topological polar surface area (TPSA) is 72.2 Å². The van der Waals surface area contributed by atoms with Crippen LogP contribution in [0.4, 0.5) is 5.69 Å². The molecule has 0 aliphatic carbocycles. The smallest absolute Gasteiger partial charge is 0.269 e. The molecule has 0 heterocycles. The van der Waals surface area contributed by atoms with Crippen LogP contribution >= 0.6 is 0 Å². The minimum Gasteiger partial charge on any atom is -0.349 e. The van der Waals surface area contributed by atoms with Crippen molar-refractivity contribution in [3.63, 3.8) is 0 Å². The van der Waals surface area contributed by atoms with Crippen LogP contribution in [0.1, 0.15) is 11.1 Å². The van der Waals surface area contributed by atoms with Gasteiger partial charge in [-0.2, -0.15) is 0 Å². The van der Waals surface area contributed by atoms with E-state index in [4.69, 9.17) is 0 Å². The fourth-order valence-electron chi connectivity index (χ4n) is 2.02. The number of nitro groups is 1. The van der Waals surface area contributed by atoms with Crippen LogP contribution in [0.25, 0.3) is 11.6 Å². The molecule has 2 aromatic rings. The predicted octanol–water partition coefficient (Wildman–Crippen LogP) is 3.44. The summed E-state index contributed by atoms with van der Waals surface area (Å²) in [6, 6.07) is 15.3. The van der Waals surface area contributed by atoms with E-state index in [1.807, 2.05) is 30.3 Å². The summed E-state index contributed by atoms with van der Waals surface area (Å²) in [5.74, 6) is -0.227. The van der Waals surface area contributed by atoms with Gasteiger partial charge in [-0.3, -0.25) is 14.9 Å². The fraction of sp³-hybridized carbons (Fsp3) is 0.0556. The second-order valence-corrected chi connectivity index (χ2v) is 4.77. The number of nitrogens with zero attached hydrogens (tertiary/aromatic N) is 1. The van der Waals surface area contributed by atoms with Gasteiger partial charge in [0, 0.05) is 24.3 Å². The van der Waals surface area contributed by atoms with Crippen molar-refractivity contribution in [2.45, 2.75) is 0 Å². The van der Waals surface area contributed by atoms with Crippen LogP contribution in [0.5, 0.6) is 0 Å². The molecule has 0 bridgehead atoms. The Morgan fingerprint density at radius 3 is 2.35 bits per heavy atom. The molecule has 0 fully saturated rings. The van der Waals surface area contributed by atoms with Crippen molar-refractivity contribution in [2.24, 2.45) is 0 Å². The van der Waals surface area contributed by atoms with Gasteiger partial charge in [-0.15, -0.1) is 6.58 Å². The number of non-ortho nitro benzene ring substituents is 1. The zero-order chi connectivity index (χ0) is 16.7. The highest BCUT2D eigenvalue weighted by molar-refractivity contribution is 6.24. The highest BCUT2D eigenvalue weighted by Crippen LogP contribution is 2.20. The first-order valence-corrected chi connectivity index (χ1v) is 7.02. The van der Waals surface area contributed by atoms with E-state index < -0.39 is 4.92 Å². The maximum Gasteiger partial charge on any atom is 0.269 e. The Morgan fingerprint density at radius 1 is 1.13 bits per heavy atom. The van der Waals surface area contributed by atoms with Crippen molar-refractivity contribution in [3.05, 3.63) is 88.5 Å².